The molecular weight excluding hydrogens is 293 g/mol. The van der Waals surface area contributed by atoms with E-state index in [1.165, 1.54) is 33.3 Å². The number of nitrogens with one attached hydrogen (secondary N) is 1. The van der Waals surface area contributed by atoms with Gasteiger partial charge in [-0.1, -0.05) is 23.2 Å². The number of methoxy groups -OCH3 is 2. The first kappa shape index (κ1) is 15.6. The topological polar surface area (TPSA) is 64.6 Å². The van der Waals surface area contributed by atoms with E-state index < -0.39 is 17.9 Å². The highest BCUT2D eigenvalue weighted by Crippen LogP contribution is 2.33. The number of amides is 1. The summed E-state index contributed by atoms with van der Waals surface area (Å²) in [7, 11) is 2.66. The van der Waals surface area contributed by atoms with E-state index in [4.69, 9.17) is 27.9 Å². The number of halogens is 2. The van der Waals surface area contributed by atoms with Gasteiger partial charge in [0.2, 0.25) is 0 Å². The molecule has 1 N–H and O–H groups in total. The lowest BCUT2D eigenvalue weighted by molar-refractivity contribution is -0.142. The molecule has 0 aliphatic carbocycles. The molecule has 19 heavy (non-hydrogen) atoms. The van der Waals surface area contributed by atoms with Gasteiger partial charge in [-0.25, -0.2) is 4.79 Å². The van der Waals surface area contributed by atoms with Gasteiger partial charge in [-0.05, 0) is 19.1 Å². The fraction of sp³-hybridized carbons (Fsp3) is 0.333. The molecule has 0 saturated carbocycles. The lowest BCUT2D eigenvalue weighted by Gasteiger charge is -2.13. The zero-order valence-corrected chi connectivity index (χ0v) is 12.1. The van der Waals surface area contributed by atoms with Crippen LogP contribution in [0.3, 0.4) is 0 Å². The Morgan fingerprint density at radius 3 is 2.16 bits per heavy atom. The molecular formula is C12H13Cl2NO4. The second kappa shape index (κ2) is 6.63. The molecule has 0 radical (unpaired) electrons. The van der Waals surface area contributed by atoms with Crippen molar-refractivity contribution >= 4 is 35.1 Å². The Kier molecular flexibility index (Phi) is 5.44. The van der Waals surface area contributed by atoms with Crippen LogP contribution in [0.1, 0.15) is 17.3 Å². The quantitative estimate of drug-likeness (QED) is 0.867. The maximum Gasteiger partial charge on any atom is 0.328 e. The molecule has 0 aliphatic rings. The molecule has 1 aromatic rings. The summed E-state index contributed by atoms with van der Waals surface area (Å²) in [5.74, 6) is -0.732. The van der Waals surface area contributed by atoms with Crippen LogP contribution >= 0.6 is 23.2 Å². The van der Waals surface area contributed by atoms with E-state index in [0.717, 1.165) is 0 Å². The van der Waals surface area contributed by atoms with E-state index in [9.17, 15) is 9.59 Å². The first-order valence-corrected chi connectivity index (χ1v) is 6.08. The molecule has 1 unspecified atom stereocenters. The fourth-order valence-corrected chi connectivity index (χ4v) is 2.04. The minimum Gasteiger partial charge on any atom is -0.494 e. The summed E-state index contributed by atoms with van der Waals surface area (Å²) in [6, 6.07) is 2.05. The maximum absolute atomic E-state index is 11.9. The molecule has 0 saturated heterocycles. The molecule has 1 rings (SSSR count). The van der Waals surface area contributed by atoms with E-state index in [-0.39, 0.29) is 15.6 Å². The van der Waals surface area contributed by atoms with Crippen LogP contribution in [-0.4, -0.2) is 32.1 Å². The van der Waals surface area contributed by atoms with Crippen molar-refractivity contribution < 1.29 is 19.1 Å². The van der Waals surface area contributed by atoms with Gasteiger partial charge in [-0.15, -0.1) is 0 Å². The lowest BCUT2D eigenvalue weighted by atomic mass is 10.2. The van der Waals surface area contributed by atoms with E-state index in [1.54, 1.807) is 0 Å². The van der Waals surface area contributed by atoms with Gasteiger partial charge in [0.1, 0.15) is 6.04 Å². The fourth-order valence-electron chi connectivity index (χ4n) is 1.40. The monoisotopic (exact) mass is 305 g/mol. The summed E-state index contributed by atoms with van der Waals surface area (Å²) in [6.45, 7) is 1.51. The average molecular weight is 306 g/mol. The minimum absolute atomic E-state index is 0.214. The molecule has 0 heterocycles. The average Bonchev–Trinajstić information content (AvgIpc) is 2.37. The third-order valence-corrected chi connectivity index (χ3v) is 2.93. The second-order valence-corrected chi connectivity index (χ2v) is 4.51. The van der Waals surface area contributed by atoms with Crippen LogP contribution in [-0.2, 0) is 9.53 Å². The van der Waals surface area contributed by atoms with Gasteiger partial charge in [0, 0.05) is 5.56 Å². The van der Waals surface area contributed by atoms with Crippen molar-refractivity contribution in [3.8, 4) is 5.75 Å². The summed E-state index contributed by atoms with van der Waals surface area (Å²) >= 11 is 11.8. The summed E-state index contributed by atoms with van der Waals surface area (Å²) < 4.78 is 9.48. The summed E-state index contributed by atoms with van der Waals surface area (Å²) in [5, 5.41) is 2.89. The van der Waals surface area contributed by atoms with E-state index >= 15 is 0 Å². The van der Waals surface area contributed by atoms with Gasteiger partial charge in [0.05, 0.1) is 24.3 Å². The normalized spacial score (nSPS) is 11.6. The molecule has 7 heteroatoms. The highest BCUT2D eigenvalue weighted by molar-refractivity contribution is 6.37. The van der Waals surface area contributed by atoms with Crippen molar-refractivity contribution in [1.82, 2.24) is 5.32 Å². The van der Waals surface area contributed by atoms with Crippen molar-refractivity contribution in [2.24, 2.45) is 0 Å². The van der Waals surface area contributed by atoms with Gasteiger partial charge in [-0.3, -0.25) is 4.79 Å². The van der Waals surface area contributed by atoms with Gasteiger partial charge in [0.25, 0.3) is 5.91 Å². The Bertz CT molecular complexity index is 481. The standard InChI is InChI=1S/C12H13Cl2NO4/c1-6(12(17)19-3)15-11(16)7-4-8(13)10(18-2)9(14)5-7/h4-6H,1-3H3,(H,15,16). The Hall–Kier alpha value is -1.46. The van der Waals surface area contributed by atoms with Crippen LogP contribution in [0.4, 0.5) is 0 Å². The van der Waals surface area contributed by atoms with Crippen molar-refractivity contribution in [3.05, 3.63) is 27.7 Å². The van der Waals surface area contributed by atoms with Crippen LogP contribution in [0.15, 0.2) is 12.1 Å². The minimum atomic E-state index is -0.767. The molecule has 0 bridgehead atoms. The van der Waals surface area contributed by atoms with Crippen molar-refractivity contribution in [1.29, 1.82) is 0 Å². The van der Waals surface area contributed by atoms with E-state index in [0.29, 0.717) is 5.75 Å². The molecule has 1 aromatic carbocycles. The molecule has 1 amide bonds. The van der Waals surface area contributed by atoms with Crippen LogP contribution in [0, 0.1) is 0 Å². The SMILES string of the molecule is COC(=O)C(C)NC(=O)c1cc(Cl)c(OC)c(Cl)c1. The van der Waals surface area contributed by atoms with E-state index in [1.807, 2.05) is 0 Å². The molecule has 1 atom stereocenters. The van der Waals surface area contributed by atoms with E-state index in [2.05, 4.69) is 10.1 Å². The van der Waals surface area contributed by atoms with Gasteiger partial charge >= 0.3 is 5.97 Å². The molecule has 0 spiro atoms. The zero-order valence-electron chi connectivity index (χ0n) is 10.6. The summed E-state index contributed by atoms with van der Waals surface area (Å²) in [4.78, 5) is 23.1. The third kappa shape index (κ3) is 3.75. The highest BCUT2D eigenvalue weighted by atomic mass is 35.5. The summed E-state index contributed by atoms with van der Waals surface area (Å²) in [6.07, 6.45) is 0. The smallest absolute Gasteiger partial charge is 0.328 e. The molecule has 5 nitrogen and oxygen atoms in total. The van der Waals surface area contributed by atoms with Crippen molar-refractivity contribution in [2.45, 2.75) is 13.0 Å². The first-order valence-electron chi connectivity index (χ1n) is 5.32. The van der Waals surface area contributed by atoms with Crippen LogP contribution in [0.5, 0.6) is 5.75 Å². The number of hydrogen-bond acceptors (Lipinski definition) is 4. The Morgan fingerprint density at radius 2 is 1.74 bits per heavy atom. The molecule has 0 aliphatic heterocycles. The van der Waals surface area contributed by atoms with Crippen molar-refractivity contribution in [2.75, 3.05) is 14.2 Å². The second-order valence-electron chi connectivity index (χ2n) is 3.69. The maximum atomic E-state index is 11.9. The number of ether oxygens (including phenoxy) is 2. The number of benzene rings is 1. The summed E-state index contributed by atoms with van der Waals surface area (Å²) in [5.41, 5.74) is 0.228. The number of hydrogen-bond donors (Lipinski definition) is 1. The molecule has 0 aromatic heterocycles. The van der Waals surface area contributed by atoms with Gasteiger partial charge in [-0.2, -0.15) is 0 Å². The number of carbonyl (C=O) groups excluding carboxylic acids is 2. The van der Waals surface area contributed by atoms with Crippen LogP contribution in [0.2, 0.25) is 10.0 Å². The molecule has 104 valence electrons. The van der Waals surface area contributed by atoms with Crippen LogP contribution in [0.25, 0.3) is 0 Å². The Morgan fingerprint density at radius 1 is 1.21 bits per heavy atom. The lowest BCUT2D eigenvalue weighted by Crippen LogP contribution is -2.39. The van der Waals surface area contributed by atoms with Crippen LogP contribution < -0.4 is 10.1 Å². The first-order chi connectivity index (χ1) is 8.90. The Balaban J connectivity index is 2.92. The third-order valence-electron chi connectivity index (χ3n) is 2.37. The number of carbonyl (C=O) groups is 2. The predicted molar refractivity (Wildman–Crippen MR) is 72.0 cm³/mol. The molecule has 0 fully saturated rings. The highest BCUT2D eigenvalue weighted by Gasteiger charge is 2.19. The largest absolute Gasteiger partial charge is 0.494 e. The number of esters is 1. The van der Waals surface area contributed by atoms with Gasteiger partial charge < -0.3 is 14.8 Å². The number of rotatable bonds is 4. The van der Waals surface area contributed by atoms with Crippen molar-refractivity contribution in [3.63, 3.8) is 0 Å². The zero-order chi connectivity index (χ0) is 14.6. The Labute approximate surface area is 120 Å². The van der Waals surface area contributed by atoms with Gasteiger partial charge in [0.15, 0.2) is 5.75 Å². The predicted octanol–water partition coefficient (Wildman–Crippen LogP) is 2.29.